The number of rotatable bonds is 4. The van der Waals surface area contributed by atoms with E-state index >= 15 is 0 Å². The van der Waals surface area contributed by atoms with Crippen molar-refractivity contribution >= 4 is 28.5 Å². The number of hydrogen-bond acceptors (Lipinski definition) is 3. The molecule has 3 aromatic rings. The van der Waals surface area contributed by atoms with Crippen LogP contribution in [0.2, 0.25) is 5.02 Å². The van der Waals surface area contributed by atoms with Crippen LogP contribution in [0.3, 0.4) is 0 Å². The van der Waals surface area contributed by atoms with Crippen molar-refractivity contribution in [2.24, 2.45) is 0 Å². The first-order chi connectivity index (χ1) is 10.7. The third-order valence-electron chi connectivity index (χ3n) is 3.26. The summed E-state index contributed by atoms with van der Waals surface area (Å²) < 4.78 is 5.18. The third-order valence-corrected chi connectivity index (χ3v) is 3.50. The van der Waals surface area contributed by atoms with Gasteiger partial charge in [-0.2, -0.15) is 0 Å². The average molecular weight is 316 g/mol. The molecule has 0 aliphatic carbocycles. The van der Waals surface area contributed by atoms with E-state index < -0.39 is 0 Å². The van der Waals surface area contributed by atoms with Gasteiger partial charge >= 0.3 is 0 Å². The first-order valence-electron chi connectivity index (χ1n) is 6.73. The molecule has 22 heavy (non-hydrogen) atoms. The van der Waals surface area contributed by atoms with E-state index in [1.165, 1.54) is 7.11 Å². The Kier molecular flexibility index (Phi) is 3.98. The van der Waals surface area contributed by atoms with E-state index in [2.05, 4.69) is 15.3 Å². The number of hydrogen-bond donors (Lipinski definition) is 2. The second-order valence-electron chi connectivity index (χ2n) is 4.73. The first kappa shape index (κ1) is 14.4. The van der Waals surface area contributed by atoms with Gasteiger partial charge in [0.1, 0.15) is 11.6 Å². The Hall–Kier alpha value is -2.53. The summed E-state index contributed by atoms with van der Waals surface area (Å²) in [6.45, 7) is 0.295. The summed E-state index contributed by atoms with van der Waals surface area (Å²) in [7, 11) is 1.51. The number of nitrogens with zero attached hydrogens (tertiary/aromatic N) is 1. The summed E-state index contributed by atoms with van der Waals surface area (Å²) in [4.78, 5) is 19.8. The van der Waals surface area contributed by atoms with E-state index in [1.54, 1.807) is 18.2 Å². The monoisotopic (exact) mass is 315 g/mol. The molecule has 1 aromatic heterocycles. The molecular formula is C16H14ClN3O2. The summed E-state index contributed by atoms with van der Waals surface area (Å²) in [6.07, 6.45) is 0. The van der Waals surface area contributed by atoms with Gasteiger partial charge in [-0.1, -0.05) is 23.7 Å². The van der Waals surface area contributed by atoms with E-state index in [0.717, 1.165) is 11.0 Å². The maximum atomic E-state index is 12.3. The van der Waals surface area contributed by atoms with Crippen molar-refractivity contribution in [3.8, 4) is 5.75 Å². The van der Waals surface area contributed by atoms with Gasteiger partial charge in [-0.15, -0.1) is 0 Å². The van der Waals surface area contributed by atoms with E-state index in [1.807, 2.05) is 24.3 Å². The Morgan fingerprint density at radius 2 is 2.14 bits per heavy atom. The van der Waals surface area contributed by atoms with Gasteiger partial charge in [-0.3, -0.25) is 4.79 Å². The zero-order chi connectivity index (χ0) is 15.5. The molecule has 0 unspecified atom stereocenters. The van der Waals surface area contributed by atoms with Crippen LogP contribution in [-0.4, -0.2) is 23.0 Å². The van der Waals surface area contributed by atoms with Crippen LogP contribution >= 0.6 is 11.6 Å². The number of aromatic amines is 1. The number of methoxy groups -OCH3 is 1. The van der Waals surface area contributed by atoms with Gasteiger partial charge in [-0.25, -0.2) is 4.98 Å². The summed E-state index contributed by atoms with van der Waals surface area (Å²) in [6, 6.07) is 12.6. The number of halogens is 1. The van der Waals surface area contributed by atoms with Crippen LogP contribution in [-0.2, 0) is 6.54 Å². The number of amides is 1. The number of carbonyl (C=O) groups is 1. The maximum absolute atomic E-state index is 12.3. The van der Waals surface area contributed by atoms with Crippen molar-refractivity contribution in [2.75, 3.05) is 7.11 Å². The Bertz CT molecular complexity index is 796. The molecule has 0 atom stereocenters. The Morgan fingerprint density at radius 1 is 1.32 bits per heavy atom. The van der Waals surface area contributed by atoms with Crippen LogP contribution in [0.25, 0.3) is 11.0 Å². The Labute approximate surface area is 132 Å². The van der Waals surface area contributed by atoms with Gasteiger partial charge in [0.25, 0.3) is 5.91 Å². The Balaban J connectivity index is 1.76. The lowest BCUT2D eigenvalue weighted by atomic mass is 10.2. The first-order valence-corrected chi connectivity index (χ1v) is 7.10. The molecular weight excluding hydrogens is 302 g/mol. The van der Waals surface area contributed by atoms with Crippen LogP contribution < -0.4 is 10.1 Å². The molecule has 0 aliphatic rings. The quantitative estimate of drug-likeness (QED) is 0.777. The molecule has 2 aromatic carbocycles. The molecule has 0 aliphatic heterocycles. The van der Waals surface area contributed by atoms with Crippen molar-refractivity contribution in [1.82, 2.24) is 15.3 Å². The molecule has 0 bridgehead atoms. The maximum Gasteiger partial charge on any atom is 0.255 e. The molecule has 0 spiro atoms. The molecule has 0 saturated carbocycles. The predicted octanol–water partition coefficient (Wildman–Crippen LogP) is 3.15. The van der Waals surface area contributed by atoms with Gasteiger partial charge in [-0.05, 0) is 30.3 Å². The molecule has 3 rings (SSSR count). The fourth-order valence-electron chi connectivity index (χ4n) is 2.21. The lowest BCUT2D eigenvalue weighted by Gasteiger charge is -2.08. The minimum atomic E-state index is -0.264. The van der Waals surface area contributed by atoms with E-state index in [9.17, 15) is 4.79 Å². The molecule has 1 amide bonds. The average Bonchev–Trinajstić information content (AvgIpc) is 2.95. The number of fused-ring (bicyclic) bond motifs is 1. The molecule has 1 heterocycles. The summed E-state index contributed by atoms with van der Waals surface area (Å²) >= 11 is 5.93. The van der Waals surface area contributed by atoms with Crippen molar-refractivity contribution in [1.29, 1.82) is 0 Å². The Morgan fingerprint density at radius 3 is 2.91 bits per heavy atom. The second kappa shape index (κ2) is 6.07. The standard InChI is InChI=1S/C16H14ClN3O2/c1-22-14-7-6-10(17)8-11(14)16(21)18-9-15-19-12-4-2-3-5-13(12)20-15/h2-8H,9H2,1H3,(H,18,21)(H,19,20). The van der Waals surface area contributed by atoms with Gasteiger partial charge in [0, 0.05) is 5.02 Å². The van der Waals surface area contributed by atoms with E-state index in [4.69, 9.17) is 16.3 Å². The van der Waals surface area contributed by atoms with Crippen LogP contribution in [0.4, 0.5) is 0 Å². The number of nitrogens with one attached hydrogen (secondary N) is 2. The lowest BCUT2D eigenvalue weighted by Crippen LogP contribution is -2.24. The van der Waals surface area contributed by atoms with Crippen LogP contribution in [0.15, 0.2) is 42.5 Å². The molecule has 6 heteroatoms. The highest BCUT2D eigenvalue weighted by molar-refractivity contribution is 6.31. The topological polar surface area (TPSA) is 67.0 Å². The van der Waals surface area contributed by atoms with Crippen molar-refractivity contribution in [3.63, 3.8) is 0 Å². The number of ether oxygens (including phenoxy) is 1. The predicted molar refractivity (Wildman–Crippen MR) is 85.3 cm³/mol. The van der Waals surface area contributed by atoms with Gasteiger partial charge in [0.05, 0.1) is 30.3 Å². The molecule has 0 saturated heterocycles. The van der Waals surface area contributed by atoms with Crippen molar-refractivity contribution in [3.05, 3.63) is 58.9 Å². The third kappa shape index (κ3) is 2.89. The molecule has 0 fully saturated rings. The zero-order valence-corrected chi connectivity index (χ0v) is 12.6. The van der Waals surface area contributed by atoms with Gasteiger partial charge in [0.2, 0.25) is 0 Å². The highest BCUT2D eigenvalue weighted by atomic mass is 35.5. The highest BCUT2D eigenvalue weighted by Crippen LogP contribution is 2.22. The fourth-order valence-corrected chi connectivity index (χ4v) is 2.38. The number of aromatic nitrogens is 2. The molecule has 112 valence electrons. The summed E-state index contributed by atoms with van der Waals surface area (Å²) in [5.74, 6) is 0.904. The number of benzene rings is 2. The number of para-hydroxylation sites is 2. The van der Waals surface area contributed by atoms with Gasteiger partial charge < -0.3 is 15.0 Å². The number of H-pyrrole nitrogens is 1. The van der Waals surface area contributed by atoms with Crippen molar-refractivity contribution in [2.45, 2.75) is 6.54 Å². The SMILES string of the molecule is COc1ccc(Cl)cc1C(=O)NCc1nc2ccccc2[nH]1. The van der Waals surface area contributed by atoms with Crippen molar-refractivity contribution < 1.29 is 9.53 Å². The van der Waals surface area contributed by atoms with Gasteiger partial charge in [0.15, 0.2) is 0 Å². The van der Waals surface area contributed by atoms with Crippen LogP contribution in [0, 0.1) is 0 Å². The molecule has 5 nitrogen and oxygen atoms in total. The van der Waals surface area contributed by atoms with Crippen LogP contribution in [0.5, 0.6) is 5.75 Å². The number of imidazole rings is 1. The lowest BCUT2D eigenvalue weighted by molar-refractivity contribution is 0.0947. The largest absolute Gasteiger partial charge is 0.496 e. The normalized spacial score (nSPS) is 10.6. The van der Waals surface area contributed by atoms with Crippen LogP contribution in [0.1, 0.15) is 16.2 Å². The number of carbonyl (C=O) groups excluding carboxylic acids is 1. The molecule has 2 N–H and O–H groups in total. The fraction of sp³-hybridized carbons (Fsp3) is 0.125. The minimum Gasteiger partial charge on any atom is -0.496 e. The minimum absolute atomic E-state index is 0.264. The smallest absolute Gasteiger partial charge is 0.255 e. The highest BCUT2D eigenvalue weighted by Gasteiger charge is 2.13. The summed E-state index contributed by atoms with van der Waals surface area (Å²) in [5.41, 5.74) is 2.20. The molecule has 0 radical (unpaired) electrons. The second-order valence-corrected chi connectivity index (χ2v) is 5.16. The van der Waals surface area contributed by atoms with E-state index in [0.29, 0.717) is 28.7 Å². The summed E-state index contributed by atoms with van der Waals surface area (Å²) in [5, 5.41) is 3.29. The van der Waals surface area contributed by atoms with E-state index in [-0.39, 0.29) is 5.91 Å². The zero-order valence-electron chi connectivity index (χ0n) is 11.9.